The minimum Gasteiger partial charge on any atom is -0.377 e. The molecule has 0 aromatic carbocycles. The lowest BCUT2D eigenvalue weighted by Crippen LogP contribution is -2.34. The highest BCUT2D eigenvalue weighted by atomic mass is 35.5. The second kappa shape index (κ2) is 7.56. The first-order chi connectivity index (χ1) is 8.06. The Labute approximate surface area is 109 Å². The van der Waals surface area contributed by atoms with Gasteiger partial charge in [0.05, 0.1) is 11.9 Å². The highest BCUT2D eigenvalue weighted by molar-refractivity contribution is 7.89. The van der Waals surface area contributed by atoms with E-state index in [-0.39, 0.29) is 11.9 Å². The van der Waals surface area contributed by atoms with E-state index in [4.69, 9.17) is 16.3 Å². The molecule has 1 heterocycles. The molecule has 0 saturated carbocycles. The lowest BCUT2D eigenvalue weighted by Gasteiger charge is -2.19. The first-order valence-corrected chi connectivity index (χ1v) is 8.32. The summed E-state index contributed by atoms with van der Waals surface area (Å²) < 4.78 is 30.7. The van der Waals surface area contributed by atoms with Gasteiger partial charge in [0.25, 0.3) is 0 Å². The third kappa shape index (κ3) is 5.55. The average molecular weight is 284 g/mol. The van der Waals surface area contributed by atoms with Crippen LogP contribution in [0.2, 0.25) is 0 Å². The number of nitrogens with zero attached hydrogens (tertiary/aromatic N) is 1. The number of rotatable bonds is 8. The number of unbranched alkanes of at least 4 members (excludes halogenated alkanes) is 2. The van der Waals surface area contributed by atoms with Crippen molar-refractivity contribution < 1.29 is 13.2 Å². The Morgan fingerprint density at radius 2 is 2.12 bits per heavy atom. The van der Waals surface area contributed by atoms with Crippen LogP contribution >= 0.6 is 11.6 Å². The van der Waals surface area contributed by atoms with E-state index in [2.05, 4.69) is 0 Å². The minimum absolute atomic E-state index is 0.106. The van der Waals surface area contributed by atoms with Gasteiger partial charge in [0.1, 0.15) is 0 Å². The molecule has 0 aromatic heterocycles. The van der Waals surface area contributed by atoms with Crippen molar-refractivity contribution in [1.82, 2.24) is 4.31 Å². The second-order valence-electron chi connectivity index (χ2n) is 4.48. The number of halogens is 1. The number of hydrogen-bond acceptors (Lipinski definition) is 3. The molecule has 0 N–H and O–H groups in total. The summed E-state index contributed by atoms with van der Waals surface area (Å²) in [5.74, 6) is 0.769. The van der Waals surface area contributed by atoms with Gasteiger partial charge in [-0.1, -0.05) is 6.42 Å². The third-order valence-electron chi connectivity index (χ3n) is 3.00. The maximum absolute atomic E-state index is 12.0. The molecule has 0 aromatic rings. The lowest BCUT2D eigenvalue weighted by molar-refractivity contribution is 0.126. The topological polar surface area (TPSA) is 46.6 Å². The molecule has 0 radical (unpaired) electrons. The van der Waals surface area contributed by atoms with Crippen LogP contribution in [0.3, 0.4) is 0 Å². The summed E-state index contributed by atoms with van der Waals surface area (Å²) in [7, 11) is -1.51. The van der Waals surface area contributed by atoms with Crippen molar-refractivity contribution >= 4 is 21.6 Å². The van der Waals surface area contributed by atoms with E-state index in [1.165, 1.54) is 4.31 Å². The maximum atomic E-state index is 12.0. The fourth-order valence-electron chi connectivity index (χ4n) is 1.88. The van der Waals surface area contributed by atoms with Crippen LogP contribution < -0.4 is 0 Å². The average Bonchev–Trinajstić information content (AvgIpc) is 2.76. The van der Waals surface area contributed by atoms with Crippen LogP contribution in [0.15, 0.2) is 0 Å². The predicted octanol–water partition coefficient (Wildman–Crippen LogP) is 1.84. The van der Waals surface area contributed by atoms with Gasteiger partial charge in [0.15, 0.2) is 0 Å². The van der Waals surface area contributed by atoms with Crippen LogP contribution in [-0.2, 0) is 14.8 Å². The summed E-state index contributed by atoms with van der Waals surface area (Å²) in [6, 6.07) is 0. The Morgan fingerprint density at radius 3 is 2.71 bits per heavy atom. The lowest BCUT2D eigenvalue weighted by atomic mass is 10.2. The molecule has 0 aliphatic carbocycles. The molecule has 1 rings (SSSR count). The third-order valence-corrected chi connectivity index (χ3v) is 5.19. The fraction of sp³-hybridized carbons (Fsp3) is 1.00. The van der Waals surface area contributed by atoms with E-state index in [1.54, 1.807) is 7.05 Å². The quantitative estimate of drug-likeness (QED) is 0.504. The molecular weight excluding hydrogens is 262 g/mol. The van der Waals surface area contributed by atoms with E-state index in [0.717, 1.165) is 32.1 Å². The Kier molecular flexibility index (Phi) is 6.77. The van der Waals surface area contributed by atoms with Crippen molar-refractivity contribution in [3.05, 3.63) is 0 Å². The van der Waals surface area contributed by atoms with Crippen LogP contribution in [0.1, 0.15) is 32.1 Å². The van der Waals surface area contributed by atoms with Gasteiger partial charge >= 0.3 is 0 Å². The summed E-state index contributed by atoms with van der Waals surface area (Å²) in [4.78, 5) is 0. The fourth-order valence-corrected chi connectivity index (χ4v) is 3.47. The molecule has 6 heteroatoms. The largest absolute Gasteiger partial charge is 0.377 e. The first-order valence-electron chi connectivity index (χ1n) is 6.18. The maximum Gasteiger partial charge on any atom is 0.216 e. The highest BCUT2D eigenvalue weighted by Crippen LogP contribution is 2.15. The molecule has 1 atom stereocenters. The Balaban J connectivity index is 2.29. The Morgan fingerprint density at radius 1 is 1.35 bits per heavy atom. The van der Waals surface area contributed by atoms with Crippen molar-refractivity contribution in [2.45, 2.75) is 38.2 Å². The Bertz CT molecular complexity index is 302. The molecule has 0 spiro atoms. The summed E-state index contributed by atoms with van der Waals surface area (Å²) in [5.41, 5.74) is 0. The molecular formula is C11H22ClNO3S. The zero-order chi connectivity index (χ0) is 12.7. The van der Waals surface area contributed by atoms with Crippen LogP contribution in [0, 0.1) is 0 Å². The number of alkyl halides is 1. The van der Waals surface area contributed by atoms with E-state index in [1.807, 2.05) is 0 Å². The molecule has 4 nitrogen and oxygen atoms in total. The van der Waals surface area contributed by atoms with E-state index in [9.17, 15) is 8.42 Å². The van der Waals surface area contributed by atoms with Crippen LogP contribution in [0.5, 0.6) is 0 Å². The van der Waals surface area contributed by atoms with Gasteiger partial charge < -0.3 is 4.74 Å². The molecule has 17 heavy (non-hydrogen) atoms. The van der Waals surface area contributed by atoms with Crippen molar-refractivity contribution in [1.29, 1.82) is 0 Å². The molecule has 1 saturated heterocycles. The summed E-state index contributed by atoms with van der Waals surface area (Å²) in [6.07, 6.45) is 4.52. The molecule has 0 bridgehead atoms. The monoisotopic (exact) mass is 283 g/mol. The normalized spacial score (nSPS) is 21.2. The molecule has 1 aliphatic heterocycles. The number of sulfonamides is 1. The second-order valence-corrected chi connectivity index (χ2v) is 6.98. The molecule has 0 amide bonds. The van der Waals surface area contributed by atoms with E-state index in [0.29, 0.717) is 19.0 Å². The zero-order valence-corrected chi connectivity index (χ0v) is 12.0. The van der Waals surface area contributed by atoms with Crippen LogP contribution in [-0.4, -0.2) is 50.7 Å². The van der Waals surface area contributed by atoms with Gasteiger partial charge in [0.2, 0.25) is 10.0 Å². The molecule has 1 aliphatic rings. The van der Waals surface area contributed by atoms with Crippen LogP contribution in [0.25, 0.3) is 0 Å². The molecule has 102 valence electrons. The molecule has 1 unspecified atom stereocenters. The predicted molar refractivity (Wildman–Crippen MR) is 70.0 cm³/mol. The van der Waals surface area contributed by atoms with Gasteiger partial charge in [-0.3, -0.25) is 0 Å². The standard InChI is InChI=1S/C11H22ClNO3S/c1-13(8-4-2-3-7-12)17(14,15)10-11-6-5-9-16-11/h11H,2-10H2,1H3. The summed E-state index contributed by atoms with van der Waals surface area (Å²) >= 11 is 5.57. The van der Waals surface area contributed by atoms with Gasteiger partial charge in [-0.2, -0.15) is 0 Å². The zero-order valence-electron chi connectivity index (χ0n) is 10.4. The Hall–Kier alpha value is 0.160. The van der Waals surface area contributed by atoms with Gasteiger partial charge in [-0.25, -0.2) is 12.7 Å². The smallest absolute Gasteiger partial charge is 0.216 e. The SMILES string of the molecule is CN(CCCCCCl)S(=O)(=O)CC1CCCO1. The molecule has 1 fully saturated rings. The number of ether oxygens (including phenoxy) is 1. The summed E-state index contributed by atoms with van der Waals surface area (Å²) in [5, 5.41) is 0. The van der Waals surface area contributed by atoms with Gasteiger partial charge in [-0.15, -0.1) is 11.6 Å². The number of hydrogen-bond donors (Lipinski definition) is 0. The van der Waals surface area contributed by atoms with Crippen LogP contribution in [0.4, 0.5) is 0 Å². The first kappa shape index (κ1) is 15.2. The van der Waals surface area contributed by atoms with Crippen molar-refractivity contribution in [3.8, 4) is 0 Å². The van der Waals surface area contributed by atoms with E-state index >= 15 is 0 Å². The van der Waals surface area contributed by atoms with Crippen molar-refractivity contribution in [2.24, 2.45) is 0 Å². The van der Waals surface area contributed by atoms with Crippen molar-refractivity contribution in [2.75, 3.05) is 31.8 Å². The van der Waals surface area contributed by atoms with Crippen molar-refractivity contribution in [3.63, 3.8) is 0 Å². The van der Waals surface area contributed by atoms with Gasteiger partial charge in [0, 0.05) is 26.1 Å². The highest BCUT2D eigenvalue weighted by Gasteiger charge is 2.26. The van der Waals surface area contributed by atoms with E-state index < -0.39 is 10.0 Å². The minimum atomic E-state index is -3.16. The summed E-state index contributed by atoms with van der Waals surface area (Å²) in [6.45, 7) is 1.27. The van der Waals surface area contributed by atoms with Gasteiger partial charge in [-0.05, 0) is 25.7 Å².